The van der Waals surface area contributed by atoms with Crippen molar-refractivity contribution >= 4 is 23.4 Å². The first-order chi connectivity index (χ1) is 13.2. The molecule has 1 amide bonds. The molecule has 0 aromatic heterocycles. The van der Waals surface area contributed by atoms with Crippen LogP contribution in [0.4, 0.5) is 5.69 Å². The fraction of sp³-hybridized carbons (Fsp3) is 0.364. The topological polar surface area (TPSA) is 47.3 Å². The van der Waals surface area contributed by atoms with Gasteiger partial charge in [0.05, 0.1) is 11.3 Å². The van der Waals surface area contributed by atoms with Crippen LogP contribution in [0.3, 0.4) is 0 Å². The second-order valence-electron chi connectivity index (χ2n) is 6.82. The molecule has 1 fully saturated rings. The summed E-state index contributed by atoms with van der Waals surface area (Å²) in [5.41, 5.74) is 1.67. The third-order valence-corrected chi connectivity index (χ3v) is 6.11. The van der Waals surface area contributed by atoms with Crippen molar-refractivity contribution in [2.75, 3.05) is 36.8 Å². The summed E-state index contributed by atoms with van der Waals surface area (Å²) in [6.07, 6.45) is 0.921. The van der Waals surface area contributed by atoms with E-state index in [2.05, 4.69) is 23.1 Å². The molecule has 1 unspecified atom stereocenters. The van der Waals surface area contributed by atoms with Gasteiger partial charge in [-0.15, -0.1) is 11.8 Å². The average molecular weight is 380 g/mol. The van der Waals surface area contributed by atoms with Crippen molar-refractivity contribution in [1.29, 1.82) is 5.26 Å². The molecule has 3 rings (SSSR count). The molecule has 1 aliphatic rings. The predicted octanol–water partition coefficient (Wildman–Crippen LogP) is 4.03. The first-order valence-corrected chi connectivity index (χ1v) is 10.4. The van der Waals surface area contributed by atoms with Crippen molar-refractivity contribution in [3.63, 3.8) is 0 Å². The number of thioether (sulfide) groups is 1. The quantitative estimate of drug-likeness (QED) is 0.736. The lowest BCUT2D eigenvalue weighted by molar-refractivity contribution is -0.134. The molecular weight excluding hydrogens is 354 g/mol. The van der Waals surface area contributed by atoms with Crippen LogP contribution in [-0.4, -0.2) is 42.7 Å². The Kier molecular flexibility index (Phi) is 6.78. The second kappa shape index (κ2) is 9.48. The number of hydrogen-bond acceptors (Lipinski definition) is 4. The number of benzene rings is 2. The van der Waals surface area contributed by atoms with E-state index in [-0.39, 0.29) is 11.8 Å². The van der Waals surface area contributed by atoms with E-state index in [0.29, 0.717) is 12.1 Å². The summed E-state index contributed by atoms with van der Waals surface area (Å²) in [5.74, 6) is 1.02. The van der Waals surface area contributed by atoms with E-state index in [1.807, 2.05) is 54.3 Å². The summed E-state index contributed by atoms with van der Waals surface area (Å²) >= 11 is 1.73. The Morgan fingerprint density at radius 1 is 1.07 bits per heavy atom. The van der Waals surface area contributed by atoms with Crippen molar-refractivity contribution in [3.05, 3.63) is 60.2 Å². The van der Waals surface area contributed by atoms with Crippen LogP contribution in [0.5, 0.6) is 0 Å². The number of carbonyl (C=O) groups is 1. The molecule has 0 radical (unpaired) electrons. The molecular formula is C22H25N3OS. The lowest BCUT2D eigenvalue weighted by Gasteiger charge is -2.26. The smallest absolute Gasteiger partial charge is 0.226 e. The number of para-hydroxylation sites is 1. The van der Waals surface area contributed by atoms with Crippen molar-refractivity contribution in [1.82, 2.24) is 4.90 Å². The zero-order valence-corrected chi connectivity index (χ0v) is 16.5. The summed E-state index contributed by atoms with van der Waals surface area (Å²) in [6.45, 7) is 5.15. The number of amides is 1. The van der Waals surface area contributed by atoms with E-state index in [1.165, 1.54) is 4.90 Å². The standard InChI is InChI=1S/C22H25N3OS/c1-18(17-27-20-9-3-2-4-10-20)22(26)25-13-7-12-24(14-15-25)21-11-6-5-8-19(21)16-23/h2-6,8-11,18H,7,12-15,17H2,1H3. The zero-order valence-electron chi connectivity index (χ0n) is 15.7. The maximum Gasteiger partial charge on any atom is 0.226 e. The minimum Gasteiger partial charge on any atom is -0.369 e. The molecule has 1 saturated heterocycles. The van der Waals surface area contributed by atoms with Gasteiger partial charge in [-0.3, -0.25) is 4.79 Å². The first-order valence-electron chi connectivity index (χ1n) is 9.39. The van der Waals surface area contributed by atoms with Crippen LogP contribution in [0.25, 0.3) is 0 Å². The van der Waals surface area contributed by atoms with Gasteiger partial charge in [-0.1, -0.05) is 37.3 Å². The number of nitrogens with zero attached hydrogens (tertiary/aromatic N) is 3. The van der Waals surface area contributed by atoms with Gasteiger partial charge in [0.1, 0.15) is 6.07 Å². The molecule has 27 heavy (non-hydrogen) atoms. The number of anilines is 1. The normalized spacial score (nSPS) is 15.7. The maximum absolute atomic E-state index is 12.9. The Balaban J connectivity index is 1.57. The molecule has 0 N–H and O–H groups in total. The van der Waals surface area contributed by atoms with Crippen LogP contribution in [0.2, 0.25) is 0 Å². The van der Waals surface area contributed by atoms with E-state index in [0.717, 1.165) is 37.5 Å². The van der Waals surface area contributed by atoms with Gasteiger partial charge in [0.15, 0.2) is 0 Å². The number of rotatable bonds is 5. The Labute approximate surface area is 165 Å². The highest BCUT2D eigenvalue weighted by Gasteiger charge is 2.24. The molecule has 1 heterocycles. The molecule has 4 nitrogen and oxygen atoms in total. The summed E-state index contributed by atoms with van der Waals surface area (Å²) < 4.78 is 0. The van der Waals surface area contributed by atoms with Crippen molar-refractivity contribution in [3.8, 4) is 6.07 Å². The van der Waals surface area contributed by atoms with Gasteiger partial charge >= 0.3 is 0 Å². The summed E-state index contributed by atoms with van der Waals surface area (Å²) in [5, 5.41) is 9.34. The van der Waals surface area contributed by atoms with E-state index in [4.69, 9.17) is 0 Å². The lowest BCUT2D eigenvalue weighted by atomic mass is 10.1. The van der Waals surface area contributed by atoms with Crippen molar-refractivity contribution in [2.45, 2.75) is 18.2 Å². The fourth-order valence-electron chi connectivity index (χ4n) is 3.34. The molecule has 0 spiro atoms. The minimum atomic E-state index is -0.00634. The van der Waals surface area contributed by atoms with Gasteiger partial charge in [0.25, 0.3) is 0 Å². The van der Waals surface area contributed by atoms with E-state index in [9.17, 15) is 10.1 Å². The van der Waals surface area contributed by atoms with Gasteiger partial charge < -0.3 is 9.80 Å². The van der Waals surface area contributed by atoms with Gasteiger partial charge in [0, 0.05) is 42.7 Å². The molecule has 140 valence electrons. The predicted molar refractivity (Wildman–Crippen MR) is 111 cm³/mol. The third-order valence-electron chi connectivity index (χ3n) is 4.84. The Bertz CT molecular complexity index is 803. The monoisotopic (exact) mass is 379 g/mol. The third kappa shape index (κ3) is 5.05. The highest BCUT2D eigenvalue weighted by atomic mass is 32.2. The molecule has 1 atom stereocenters. The zero-order chi connectivity index (χ0) is 19.1. The molecule has 2 aromatic rings. The van der Waals surface area contributed by atoms with Crippen LogP contribution < -0.4 is 4.90 Å². The number of nitriles is 1. The summed E-state index contributed by atoms with van der Waals surface area (Å²) in [6, 6.07) is 20.2. The highest BCUT2D eigenvalue weighted by Crippen LogP contribution is 2.23. The largest absolute Gasteiger partial charge is 0.369 e. The van der Waals surface area contributed by atoms with Gasteiger partial charge in [0.2, 0.25) is 5.91 Å². The molecule has 0 aliphatic carbocycles. The Morgan fingerprint density at radius 3 is 2.59 bits per heavy atom. The fourth-order valence-corrected chi connectivity index (χ4v) is 4.28. The second-order valence-corrected chi connectivity index (χ2v) is 7.91. The minimum absolute atomic E-state index is 0.00634. The summed E-state index contributed by atoms with van der Waals surface area (Å²) in [4.78, 5) is 18.3. The highest BCUT2D eigenvalue weighted by molar-refractivity contribution is 7.99. The molecule has 1 aliphatic heterocycles. The van der Waals surface area contributed by atoms with E-state index >= 15 is 0 Å². The molecule has 2 aromatic carbocycles. The van der Waals surface area contributed by atoms with Crippen LogP contribution in [0.1, 0.15) is 18.9 Å². The Morgan fingerprint density at radius 2 is 1.81 bits per heavy atom. The van der Waals surface area contributed by atoms with Crippen LogP contribution in [-0.2, 0) is 4.79 Å². The Hall–Kier alpha value is -2.45. The summed E-state index contributed by atoms with van der Waals surface area (Å²) in [7, 11) is 0. The van der Waals surface area contributed by atoms with Crippen LogP contribution in [0, 0.1) is 17.2 Å². The van der Waals surface area contributed by atoms with Crippen LogP contribution >= 0.6 is 11.8 Å². The van der Waals surface area contributed by atoms with Crippen molar-refractivity contribution in [2.24, 2.45) is 5.92 Å². The maximum atomic E-state index is 12.9. The molecule has 0 bridgehead atoms. The first kappa shape index (κ1) is 19.3. The van der Waals surface area contributed by atoms with Gasteiger partial charge in [-0.05, 0) is 30.7 Å². The van der Waals surface area contributed by atoms with Crippen LogP contribution in [0.15, 0.2) is 59.5 Å². The molecule has 5 heteroatoms. The lowest BCUT2D eigenvalue weighted by Crippen LogP contribution is -2.39. The van der Waals surface area contributed by atoms with Gasteiger partial charge in [-0.2, -0.15) is 5.26 Å². The number of carbonyl (C=O) groups excluding carboxylic acids is 1. The SMILES string of the molecule is CC(CSc1ccccc1)C(=O)N1CCCN(c2ccccc2C#N)CC1. The van der Waals surface area contributed by atoms with Crippen molar-refractivity contribution < 1.29 is 4.79 Å². The van der Waals surface area contributed by atoms with E-state index < -0.39 is 0 Å². The molecule has 0 saturated carbocycles. The average Bonchev–Trinajstić information content (AvgIpc) is 2.98. The van der Waals surface area contributed by atoms with Gasteiger partial charge in [-0.25, -0.2) is 0 Å². The number of hydrogen-bond donors (Lipinski definition) is 0. The van der Waals surface area contributed by atoms with E-state index in [1.54, 1.807) is 11.8 Å².